The molecule has 0 bridgehead atoms. The number of hydrogen-bond donors (Lipinski definition) is 2. The van der Waals surface area contributed by atoms with E-state index in [4.69, 9.17) is 10.6 Å². The summed E-state index contributed by atoms with van der Waals surface area (Å²) in [5.74, 6) is -0.131. The molecule has 1 amide bonds. The highest BCUT2D eigenvalue weighted by Crippen LogP contribution is 2.14. The van der Waals surface area contributed by atoms with Gasteiger partial charge in [0.05, 0.1) is 6.61 Å². The van der Waals surface area contributed by atoms with Crippen LogP contribution in [0.3, 0.4) is 0 Å². The minimum absolute atomic E-state index is 0.103. The molecular weight excluding hydrogens is 204 g/mol. The van der Waals surface area contributed by atoms with Crippen molar-refractivity contribution in [2.24, 2.45) is 5.73 Å². The van der Waals surface area contributed by atoms with Crippen molar-refractivity contribution >= 4 is 5.91 Å². The molecule has 0 spiro atoms. The van der Waals surface area contributed by atoms with Crippen molar-refractivity contribution in [3.63, 3.8) is 0 Å². The molecule has 3 N–H and O–H groups in total. The molecule has 1 rings (SSSR count). The van der Waals surface area contributed by atoms with E-state index in [0.717, 1.165) is 5.56 Å². The largest absolute Gasteiger partial charge is 0.324 e. The van der Waals surface area contributed by atoms with Gasteiger partial charge < -0.3 is 5.73 Å². The van der Waals surface area contributed by atoms with E-state index < -0.39 is 0 Å². The topological polar surface area (TPSA) is 64.3 Å². The summed E-state index contributed by atoms with van der Waals surface area (Å²) in [6, 6.07) is 9.65. The Bertz CT molecular complexity index is 314. The molecule has 0 radical (unpaired) electrons. The number of hydroxylamine groups is 1. The van der Waals surface area contributed by atoms with E-state index in [0.29, 0.717) is 19.4 Å². The lowest BCUT2D eigenvalue weighted by Gasteiger charge is -2.11. The Hall–Kier alpha value is -1.39. The van der Waals surface area contributed by atoms with E-state index in [2.05, 4.69) is 5.48 Å². The maximum absolute atomic E-state index is 11.2. The van der Waals surface area contributed by atoms with E-state index >= 15 is 0 Å². The van der Waals surface area contributed by atoms with Crippen LogP contribution in [-0.4, -0.2) is 12.5 Å². The molecule has 4 heteroatoms. The van der Waals surface area contributed by atoms with Crippen molar-refractivity contribution in [2.45, 2.75) is 25.8 Å². The normalized spacial score (nSPS) is 12.1. The Kier molecular flexibility index (Phi) is 5.53. The molecule has 1 unspecified atom stereocenters. The second-order valence-corrected chi connectivity index (χ2v) is 3.51. The fourth-order valence-corrected chi connectivity index (χ4v) is 1.36. The molecule has 1 aromatic rings. The van der Waals surface area contributed by atoms with Gasteiger partial charge in [0.25, 0.3) is 0 Å². The number of nitrogens with two attached hydrogens (primary N) is 1. The van der Waals surface area contributed by atoms with Crippen LogP contribution in [0.1, 0.15) is 31.4 Å². The van der Waals surface area contributed by atoms with Crippen LogP contribution in [0.25, 0.3) is 0 Å². The highest BCUT2D eigenvalue weighted by atomic mass is 16.6. The summed E-state index contributed by atoms with van der Waals surface area (Å²) < 4.78 is 0. The monoisotopic (exact) mass is 222 g/mol. The third-order valence-electron chi connectivity index (χ3n) is 2.24. The summed E-state index contributed by atoms with van der Waals surface area (Å²) in [4.78, 5) is 16.0. The van der Waals surface area contributed by atoms with Gasteiger partial charge in [0.2, 0.25) is 5.91 Å². The Labute approximate surface area is 95.7 Å². The molecule has 1 atom stereocenters. The SMILES string of the molecule is CCONC(=O)CCC(N)c1ccccc1. The van der Waals surface area contributed by atoms with Gasteiger partial charge in [0.15, 0.2) is 0 Å². The van der Waals surface area contributed by atoms with Gasteiger partial charge in [-0.25, -0.2) is 5.48 Å². The lowest BCUT2D eigenvalue weighted by atomic mass is 10.0. The Morgan fingerprint density at radius 2 is 2.12 bits per heavy atom. The first-order chi connectivity index (χ1) is 7.74. The van der Waals surface area contributed by atoms with Crippen LogP contribution in [0.4, 0.5) is 0 Å². The summed E-state index contributed by atoms with van der Waals surface area (Å²) in [5, 5.41) is 0. The summed E-state index contributed by atoms with van der Waals surface area (Å²) >= 11 is 0. The van der Waals surface area contributed by atoms with E-state index in [1.165, 1.54) is 0 Å². The summed E-state index contributed by atoms with van der Waals surface area (Å²) in [7, 11) is 0. The van der Waals surface area contributed by atoms with Gasteiger partial charge in [-0.2, -0.15) is 0 Å². The molecule has 0 aromatic heterocycles. The van der Waals surface area contributed by atoms with Crippen LogP contribution < -0.4 is 11.2 Å². The maximum atomic E-state index is 11.2. The second kappa shape index (κ2) is 6.98. The van der Waals surface area contributed by atoms with Gasteiger partial charge in [-0.15, -0.1) is 0 Å². The maximum Gasteiger partial charge on any atom is 0.243 e. The van der Waals surface area contributed by atoms with E-state index in [-0.39, 0.29) is 11.9 Å². The standard InChI is InChI=1S/C12H18N2O2/c1-2-16-14-12(15)9-8-11(13)10-6-4-3-5-7-10/h3-7,11H,2,8-9,13H2,1H3,(H,14,15). The van der Waals surface area contributed by atoms with E-state index in [1.807, 2.05) is 37.3 Å². The van der Waals surface area contributed by atoms with Gasteiger partial charge in [0, 0.05) is 12.5 Å². The molecule has 0 heterocycles. The zero-order valence-corrected chi connectivity index (χ0v) is 9.48. The Morgan fingerprint density at radius 3 is 2.75 bits per heavy atom. The summed E-state index contributed by atoms with van der Waals surface area (Å²) in [6.45, 7) is 2.28. The third-order valence-corrected chi connectivity index (χ3v) is 2.24. The smallest absolute Gasteiger partial charge is 0.243 e. The van der Waals surface area contributed by atoms with Gasteiger partial charge >= 0.3 is 0 Å². The van der Waals surface area contributed by atoms with Crippen LogP contribution in [0.15, 0.2) is 30.3 Å². The van der Waals surface area contributed by atoms with Crippen LogP contribution >= 0.6 is 0 Å². The van der Waals surface area contributed by atoms with Crippen LogP contribution in [-0.2, 0) is 9.63 Å². The third kappa shape index (κ3) is 4.42. The Balaban J connectivity index is 2.30. The zero-order chi connectivity index (χ0) is 11.8. The average Bonchev–Trinajstić information content (AvgIpc) is 2.34. The fourth-order valence-electron chi connectivity index (χ4n) is 1.36. The van der Waals surface area contributed by atoms with Crippen LogP contribution in [0.2, 0.25) is 0 Å². The van der Waals surface area contributed by atoms with Gasteiger partial charge in [0.1, 0.15) is 0 Å². The van der Waals surface area contributed by atoms with Crippen molar-refractivity contribution in [1.29, 1.82) is 0 Å². The number of amides is 1. The predicted molar refractivity (Wildman–Crippen MR) is 62.4 cm³/mol. The van der Waals surface area contributed by atoms with Crippen molar-refractivity contribution in [3.8, 4) is 0 Å². The molecule has 16 heavy (non-hydrogen) atoms. The minimum atomic E-state index is -0.131. The molecule has 0 aliphatic heterocycles. The van der Waals surface area contributed by atoms with E-state index in [1.54, 1.807) is 0 Å². The van der Waals surface area contributed by atoms with Crippen LogP contribution in [0.5, 0.6) is 0 Å². The number of carbonyl (C=O) groups is 1. The number of benzene rings is 1. The van der Waals surface area contributed by atoms with Gasteiger partial charge in [-0.3, -0.25) is 9.63 Å². The number of hydrogen-bond acceptors (Lipinski definition) is 3. The molecule has 0 aliphatic rings. The summed E-state index contributed by atoms with van der Waals surface area (Å²) in [5.41, 5.74) is 9.34. The molecule has 0 fully saturated rings. The first kappa shape index (κ1) is 12.7. The minimum Gasteiger partial charge on any atom is -0.324 e. The number of nitrogens with one attached hydrogen (secondary N) is 1. The van der Waals surface area contributed by atoms with Crippen molar-refractivity contribution in [1.82, 2.24) is 5.48 Å². The average molecular weight is 222 g/mol. The molecule has 0 saturated carbocycles. The summed E-state index contributed by atoms with van der Waals surface area (Å²) in [6.07, 6.45) is 0.985. The Morgan fingerprint density at radius 1 is 1.44 bits per heavy atom. The predicted octanol–water partition coefficient (Wildman–Crippen LogP) is 1.53. The first-order valence-corrected chi connectivity index (χ1v) is 5.45. The molecule has 88 valence electrons. The molecule has 0 aliphatic carbocycles. The number of rotatable bonds is 6. The molecule has 1 aromatic carbocycles. The highest BCUT2D eigenvalue weighted by molar-refractivity contribution is 5.74. The van der Waals surface area contributed by atoms with Gasteiger partial charge in [-0.1, -0.05) is 30.3 Å². The number of carbonyl (C=O) groups excluding carboxylic acids is 1. The molecule has 0 saturated heterocycles. The highest BCUT2D eigenvalue weighted by Gasteiger charge is 2.08. The zero-order valence-electron chi connectivity index (χ0n) is 9.48. The molecular formula is C12H18N2O2. The van der Waals surface area contributed by atoms with Crippen molar-refractivity contribution in [2.75, 3.05) is 6.61 Å². The first-order valence-electron chi connectivity index (χ1n) is 5.45. The quantitative estimate of drug-likeness (QED) is 0.717. The lowest BCUT2D eigenvalue weighted by molar-refractivity contribution is -0.133. The van der Waals surface area contributed by atoms with E-state index in [9.17, 15) is 4.79 Å². The lowest BCUT2D eigenvalue weighted by Crippen LogP contribution is -2.24. The van der Waals surface area contributed by atoms with Gasteiger partial charge in [-0.05, 0) is 18.9 Å². The second-order valence-electron chi connectivity index (χ2n) is 3.51. The fraction of sp³-hybridized carbons (Fsp3) is 0.417. The van der Waals surface area contributed by atoms with Crippen molar-refractivity contribution < 1.29 is 9.63 Å². The van der Waals surface area contributed by atoms with Crippen LogP contribution in [0, 0.1) is 0 Å². The molecule has 4 nitrogen and oxygen atoms in total. The van der Waals surface area contributed by atoms with Crippen molar-refractivity contribution in [3.05, 3.63) is 35.9 Å².